The van der Waals surface area contributed by atoms with Gasteiger partial charge >= 0.3 is 0 Å². The lowest BCUT2D eigenvalue weighted by atomic mass is 9.84. The first-order chi connectivity index (χ1) is 13.8. The second-order valence-corrected chi connectivity index (χ2v) is 7.44. The predicted molar refractivity (Wildman–Crippen MR) is 113 cm³/mol. The van der Waals surface area contributed by atoms with Gasteiger partial charge in [0.1, 0.15) is 11.5 Å². The van der Waals surface area contributed by atoms with Gasteiger partial charge in [0.15, 0.2) is 0 Å². The van der Waals surface area contributed by atoms with Crippen molar-refractivity contribution in [1.82, 2.24) is 4.90 Å². The Morgan fingerprint density at radius 3 is 1.57 bits per heavy atom. The molecule has 0 N–H and O–H groups in total. The standard InChI is InChI=1S/C25H27NO2/c1-27-22-12-8-20(9-13-22)24-17-26(16-19-6-4-3-5-7-19)18-25(24)21-10-14-23(28-2)15-11-21/h3-15,24-25H,16-18H2,1-2H3. The maximum absolute atomic E-state index is 5.34. The second kappa shape index (κ2) is 8.49. The molecule has 144 valence electrons. The highest BCUT2D eigenvalue weighted by Gasteiger charge is 2.34. The normalized spacial score (nSPS) is 19.5. The number of methoxy groups -OCH3 is 2. The molecule has 3 aromatic carbocycles. The van der Waals surface area contributed by atoms with Gasteiger partial charge in [-0.25, -0.2) is 0 Å². The van der Waals surface area contributed by atoms with Gasteiger partial charge in [-0.3, -0.25) is 4.90 Å². The van der Waals surface area contributed by atoms with Crippen molar-refractivity contribution < 1.29 is 9.47 Å². The third-order valence-electron chi connectivity index (χ3n) is 5.73. The number of ether oxygens (including phenoxy) is 2. The Hall–Kier alpha value is -2.78. The number of likely N-dealkylation sites (tertiary alicyclic amines) is 1. The van der Waals surface area contributed by atoms with Crippen molar-refractivity contribution >= 4 is 0 Å². The first-order valence-corrected chi connectivity index (χ1v) is 9.81. The minimum absolute atomic E-state index is 0.461. The average Bonchev–Trinajstić information content (AvgIpc) is 3.18. The van der Waals surface area contributed by atoms with Crippen LogP contribution in [0.3, 0.4) is 0 Å². The highest BCUT2D eigenvalue weighted by Crippen LogP contribution is 2.41. The van der Waals surface area contributed by atoms with Crippen LogP contribution in [0.1, 0.15) is 28.5 Å². The molecule has 0 bridgehead atoms. The molecule has 0 spiro atoms. The molecule has 1 fully saturated rings. The first-order valence-electron chi connectivity index (χ1n) is 9.81. The van der Waals surface area contributed by atoms with Crippen LogP contribution >= 0.6 is 0 Å². The molecule has 3 heteroatoms. The fourth-order valence-electron chi connectivity index (χ4n) is 4.23. The molecule has 1 saturated heterocycles. The van der Waals surface area contributed by atoms with Gasteiger partial charge in [-0.15, -0.1) is 0 Å². The maximum atomic E-state index is 5.34. The van der Waals surface area contributed by atoms with Gasteiger partial charge in [-0.1, -0.05) is 54.6 Å². The van der Waals surface area contributed by atoms with Gasteiger partial charge in [-0.2, -0.15) is 0 Å². The van der Waals surface area contributed by atoms with E-state index in [-0.39, 0.29) is 0 Å². The first kappa shape index (κ1) is 18.6. The molecule has 0 saturated carbocycles. The monoisotopic (exact) mass is 373 g/mol. The SMILES string of the molecule is COc1ccc(C2CN(Cc3ccccc3)CC2c2ccc(OC)cc2)cc1. The van der Waals surface area contributed by atoms with Crippen LogP contribution in [0.5, 0.6) is 11.5 Å². The van der Waals surface area contributed by atoms with Gasteiger partial charge in [0.05, 0.1) is 14.2 Å². The van der Waals surface area contributed by atoms with Crippen LogP contribution in [0, 0.1) is 0 Å². The second-order valence-electron chi connectivity index (χ2n) is 7.44. The van der Waals surface area contributed by atoms with E-state index in [0.29, 0.717) is 11.8 Å². The Labute approximate surface area is 167 Å². The summed E-state index contributed by atoms with van der Waals surface area (Å²) in [6.07, 6.45) is 0. The number of rotatable bonds is 6. The summed E-state index contributed by atoms with van der Waals surface area (Å²) in [5.74, 6) is 2.73. The molecular formula is C25H27NO2. The minimum atomic E-state index is 0.461. The molecule has 2 atom stereocenters. The van der Waals surface area contributed by atoms with Crippen molar-refractivity contribution in [2.45, 2.75) is 18.4 Å². The molecule has 2 unspecified atom stereocenters. The van der Waals surface area contributed by atoms with Crippen LogP contribution in [-0.4, -0.2) is 32.2 Å². The zero-order chi connectivity index (χ0) is 19.3. The quantitative estimate of drug-likeness (QED) is 0.601. The summed E-state index contributed by atoms with van der Waals surface area (Å²) in [5.41, 5.74) is 4.11. The predicted octanol–water partition coefficient (Wildman–Crippen LogP) is 5.09. The van der Waals surface area contributed by atoms with Gasteiger partial charge in [0.2, 0.25) is 0 Å². The van der Waals surface area contributed by atoms with Crippen LogP contribution < -0.4 is 9.47 Å². The zero-order valence-electron chi connectivity index (χ0n) is 16.5. The van der Waals surface area contributed by atoms with E-state index in [9.17, 15) is 0 Å². The summed E-state index contributed by atoms with van der Waals surface area (Å²) in [6, 6.07) is 27.9. The van der Waals surface area contributed by atoms with Crippen molar-refractivity contribution in [3.05, 3.63) is 95.6 Å². The Morgan fingerprint density at radius 2 is 1.14 bits per heavy atom. The van der Waals surface area contributed by atoms with E-state index in [1.54, 1.807) is 14.2 Å². The van der Waals surface area contributed by atoms with Gasteiger partial charge in [0.25, 0.3) is 0 Å². The third-order valence-corrected chi connectivity index (χ3v) is 5.73. The smallest absolute Gasteiger partial charge is 0.118 e. The molecule has 0 aliphatic carbocycles. The van der Waals surface area contributed by atoms with E-state index in [2.05, 4.69) is 83.8 Å². The number of benzene rings is 3. The van der Waals surface area contributed by atoms with Crippen molar-refractivity contribution in [2.75, 3.05) is 27.3 Å². The Balaban J connectivity index is 1.60. The van der Waals surface area contributed by atoms with Crippen LogP contribution in [0.15, 0.2) is 78.9 Å². The molecule has 3 aromatic rings. The summed E-state index contributed by atoms with van der Waals surface area (Å²) in [4.78, 5) is 2.57. The van der Waals surface area contributed by atoms with Crippen LogP contribution in [0.25, 0.3) is 0 Å². The van der Waals surface area contributed by atoms with E-state index >= 15 is 0 Å². The Morgan fingerprint density at radius 1 is 0.679 bits per heavy atom. The molecule has 4 rings (SSSR count). The molecule has 0 amide bonds. The molecule has 0 radical (unpaired) electrons. The summed E-state index contributed by atoms with van der Waals surface area (Å²) in [7, 11) is 3.43. The van der Waals surface area contributed by atoms with Gasteiger partial charge in [-0.05, 0) is 41.0 Å². The highest BCUT2D eigenvalue weighted by molar-refractivity contribution is 5.37. The van der Waals surface area contributed by atoms with Crippen molar-refractivity contribution in [2.24, 2.45) is 0 Å². The van der Waals surface area contributed by atoms with Gasteiger partial charge in [0, 0.05) is 31.5 Å². The molecule has 0 aromatic heterocycles. The summed E-state index contributed by atoms with van der Waals surface area (Å²) < 4.78 is 10.7. The molecule has 1 aliphatic heterocycles. The number of hydrogen-bond donors (Lipinski definition) is 0. The van der Waals surface area contributed by atoms with Crippen molar-refractivity contribution in [1.29, 1.82) is 0 Å². The Kier molecular flexibility index (Phi) is 5.63. The molecular weight excluding hydrogens is 346 g/mol. The van der Waals surface area contributed by atoms with E-state index in [0.717, 1.165) is 31.1 Å². The molecule has 1 heterocycles. The number of nitrogens with zero attached hydrogens (tertiary/aromatic N) is 1. The molecule has 3 nitrogen and oxygen atoms in total. The number of hydrogen-bond acceptors (Lipinski definition) is 3. The molecule has 1 aliphatic rings. The largest absolute Gasteiger partial charge is 0.497 e. The maximum Gasteiger partial charge on any atom is 0.118 e. The fourth-order valence-corrected chi connectivity index (χ4v) is 4.23. The van der Waals surface area contributed by atoms with Crippen molar-refractivity contribution in [3.8, 4) is 11.5 Å². The topological polar surface area (TPSA) is 21.7 Å². The van der Waals surface area contributed by atoms with E-state index in [1.165, 1.54) is 16.7 Å². The Bertz CT molecular complexity index is 819. The average molecular weight is 373 g/mol. The van der Waals surface area contributed by atoms with Gasteiger partial charge < -0.3 is 9.47 Å². The minimum Gasteiger partial charge on any atom is -0.497 e. The van der Waals surface area contributed by atoms with E-state index in [1.807, 2.05) is 0 Å². The lowest BCUT2D eigenvalue weighted by Crippen LogP contribution is -2.20. The lowest BCUT2D eigenvalue weighted by Gasteiger charge is -2.20. The highest BCUT2D eigenvalue weighted by atomic mass is 16.5. The van der Waals surface area contributed by atoms with Crippen molar-refractivity contribution in [3.63, 3.8) is 0 Å². The third kappa shape index (κ3) is 4.05. The zero-order valence-corrected chi connectivity index (χ0v) is 16.5. The summed E-state index contributed by atoms with van der Waals surface area (Å²) in [6.45, 7) is 3.09. The van der Waals surface area contributed by atoms with Crippen LogP contribution in [-0.2, 0) is 6.54 Å². The summed E-state index contributed by atoms with van der Waals surface area (Å²) >= 11 is 0. The fraction of sp³-hybridized carbons (Fsp3) is 0.280. The molecule has 28 heavy (non-hydrogen) atoms. The van der Waals surface area contributed by atoms with Crippen LogP contribution in [0.4, 0.5) is 0 Å². The summed E-state index contributed by atoms with van der Waals surface area (Å²) in [5, 5.41) is 0. The van der Waals surface area contributed by atoms with E-state index in [4.69, 9.17) is 9.47 Å². The van der Waals surface area contributed by atoms with Crippen LogP contribution in [0.2, 0.25) is 0 Å². The lowest BCUT2D eigenvalue weighted by molar-refractivity contribution is 0.323. The van der Waals surface area contributed by atoms with E-state index < -0.39 is 0 Å².